The average Bonchev–Trinajstić information content (AvgIpc) is 2.39. The molecule has 0 unspecified atom stereocenters. The Kier molecular flexibility index (Phi) is 9.80. The highest BCUT2D eigenvalue weighted by Crippen LogP contribution is 2.03. The van der Waals surface area contributed by atoms with Gasteiger partial charge in [-0.15, -0.1) is 0 Å². The first kappa shape index (κ1) is 17.3. The van der Waals surface area contributed by atoms with Crippen LogP contribution in [0.15, 0.2) is 5.10 Å². The van der Waals surface area contributed by atoms with Crippen LogP contribution in [-0.2, 0) is 0 Å². The van der Waals surface area contributed by atoms with Crippen molar-refractivity contribution in [2.75, 3.05) is 13.2 Å². The molecule has 0 rings (SSSR count). The Bertz CT molecular complexity index is 227. The first-order valence-corrected chi connectivity index (χ1v) is 6.13. The summed E-state index contributed by atoms with van der Waals surface area (Å²) in [6.07, 6.45) is -1.97. The molecule has 0 amide bonds. The predicted molar refractivity (Wildman–Crippen MR) is 67.1 cm³/mol. The number of unbranched alkanes of at least 4 members (excludes halogenated alkanes) is 2. The van der Waals surface area contributed by atoms with Crippen molar-refractivity contribution < 1.29 is 25.5 Å². The summed E-state index contributed by atoms with van der Waals surface area (Å²) in [5.74, 6) is 0. The van der Waals surface area contributed by atoms with Crippen molar-refractivity contribution in [1.82, 2.24) is 5.43 Å². The Morgan fingerprint density at radius 2 is 1.78 bits per heavy atom. The third kappa shape index (κ3) is 6.87. The van der Waals surface area contributed by atoms with Crippen molar-refractivity contribution in [3.8, 4) is 0 Å². The lowest BCUT2D eigenvalue weighted by Crippen LogP contribution is -2.46. The second-order valence-electron chi connectivity index (χ2n) is 4.12. The van der Waals surface area contributed by atoms with Crippen molar-refractivity contribution in [2.45, 2.75) is 50.6 Å². The highest BCUT2D eigenvalue weighted by atomic mass is 16.4. The maximum atomic E-state index is 9.44. The number of aliphatic hydroxyl groups is 5. The van der Waals surface area contributed by atoms with Gasteiger partial charge in [0.05, 0.1) is 12.8 Å². The molecular formula is C11H24N2O5. The monoisotopic (exact) mass is 264 g/mol. The number of aliphatic hydroxyl groups excluding tert-OH is 5. The van der Waals surface area contributed by atoms with Gasteiger partial charge >= 0.3 is 0 Å². The quantitative estimate of drug-likeness (QED) is 0.157. The van der Waals surface area contributed by atoms with Crippen LogP contribution in [0.2, 0.25) is 0 Å². The third-order valence-electron chi connectivity index (χ3n) is 2.49. The van der Waals surface area contributed by atoms with Crippen molar-refractivity contribution in [1.29, 1.82) is 0 Å². The van der Waals surface area contributed by atoms with Gasteiger partial charge in [0.2, 0.25) is 0 Å². The SMILES string of the molecule is CCCCCNN=C[C@H](O)[C@@H](O)[C@@H](O)[C@H](O)CO. The number of hydrazone groups is 1. The maximum absolute atomic E-state index is 9.44. The molecule has 0 spiro atoms. The summed E-state index contributed by atoms with van der Waals surface area (Å²) in [5.41, 5.74) is 2.69. The van der Waals surface area contributed by atoms with Crippen LogP contribution in [0.5, 0.6) is 0 Å². The fraction of sp³-hybridized carbons (Fsp3) is 0.909. The number of hydrogen-bond acceptors (Lipinski definition) is 7. The third-order valence-corrected chi connectivity index (χ3v) is 2.49. The second kappa shape index (κ2) is 10.2. The van der Waals surface area contributed by atoms with Gasteiger partial charge in [0.1, 0.15) is 24.4 Å². The van der Waals surface area contributed by atoms with E-state index in [1.54, 1.807) is 0 Å². The molecule has 0 aliphatic carbocycles. The Labute approximate surface area is 107 Å². The van der Waals surface area contributed by atoms with E-state index >= 15 is 0 Å². The fourth-order valence-electron chi connectivity index (χ4n) is 1.27. The highest BCUT2D eigenvalue weighted by molar-refractivity contribution is 5.63. The fourth-order valence-corrected chi connectivity index (χ4v) is 1.27. The molecule has 7 heteroatoms. The van der Waals surface area contributed by atoms with Crippen LogP contribution in [0.3, 0.4) is 0 Å². The first-order chi connectivity index (χ1) is 8.54. The molecule has 0 fully saturated rings. The average molecular weight is 264 g/mol. The van der Waals surface area contributed by atoms with Crippen molar-refractivity contribution in [3.05, 3.63) is 0 Å². The van der Waals surface area contributed by atoms with E-state index in [1.165, 1.54) is 0 Å². The largest absolute Gasteiger partial charge is 0.394 e. The summed E-state index contributed by atoms with van der Waals surface area (Å²) in [6, 6.07) is 0. The van der Waals surface area contributed by atoms with E-state index in [2.05, 4.69) is 17.5 Å². The predicted octanol–water partition coefficient (Wildman–Crippen LogP) is -1.81. The lowest BCUT2D eigenvalue weighted by molar-refractivity contribution is -0.1000. The molecule has 0 aromatic carbocycles. The Balaban J connectivity index is 3.92. The van der Waals surface area contributed by atoms with E-state index in [1.807, 2.05) is 0 Å². The van der Waals surface area contributed by atoms with E-state index in [-0.39, 0.29) is 0 Å². The van der Waals surface area contributed by atoms with Gasteiger partial charge < -0.3 is 31.0 Å². The molecule has 0 aliphatic heterocycles. The normalized spacial score (nSPS) is 18.6. The Morgan fingerprint density at radius 1 is 1.11 bits per heavy atom. The van der Waals surface area contributed by atoms with E-state index in [0.29, 0.717) is 6.54 Å². The van der Waals surface area contributed by atoms with Crippen LogP contribution >= 0.6 is 0 Å². The van der Waals surface area contributed by atoms with Crippen LogP contribution < -0.4 is 5.43 Å². The summed E-state index contributed by atoms with van der Waals surface area (Å²) in [6.45, 7) is 2.05. The van der Waals surface area contributed by atoms with Crippen molar-refractivity contribution >= 4 is 6.21 Å². The van der Waals surface area contributed by atoms with E-state index in [9.17, 15) is 15.3 Å². The minimum absolute atomic E-state index is 0.662. The molecule has 0 saturated heterocycles. The zero-order chi connectivity index (χ0) is 14.0. The minimum Gasteiger partial charge on any atom is -0.394 e. The van der Waals surface area contributed by atoms with Gasteiger partial charge in [0.25, 0.3) is 0 Å². The molecule has 108 valence electrons. The number of rotatable bonds is 10. The van der Waals surface area contributed by atoms with E-state index in [4.69, 9.17) is 10.2 Å². The number of hydrogen-bond donors (Lipinski definition) is 6. The zero-order valence-electron chi connectivity index (χ0n) is 10.6. The second-order valence-corrected chi connectivity index (χ2v) is 4.12. The molecule has 0 aliphatic rings. The highest BCUT2D eigenvalue weighted by Gasteiger charge is 2.28. The zero-order valence-corrected chi connectivity index (χ0v) is 10.6. The van der Waals surface area contributed by atoms with Crippen molar-refractivity contribution in [2.24, 2.45) is 5.10 Å². The molecule has 0 aromatic heterocycles. The van der Waals surface area contributed by atoms with Gasteiger partial charge in [-0.3, -0.25) is 0 Å². The molecule has 18 heavy (non-hydrogen) atoms. The Morgan fingerprint density at radius 3 is 2.33 bits per heavy atom. The standard InChI is InChI=1S/C11H24N2O5/c1-2-3-4-5-12-13-6-8(15)10(17)11(18)9(16)7-14/h6,8-12,14-18H,2-5,7H2,1H3/t8-,9+,10+,11-/m0/s1. The minimum atomic E-state index is -1.63. The first-order valence-electron chi connectivity index (χ1n) is 6.13. The lowest BCUT2D eigenvalue weighted by atomic mass is 10.0. The van der Waals surface area contributed by atoms with Gasteiger partial charge in [-0.05, 0) is 6.42 Å². The molecule has 0 aromatic rings. The van der Waals surface area contributed by atoms with Crippen LogP contribution in [-0.4, -0.2) is 69.3 Å². The summed E-state index contributed by atoms with van der Waals surface area (Å²) in [7, 11) is 0. The summed E-state index contributed by atoms with van der Waals surface area (Å²) in [4.78, 5) is 0. The van der Waals surface area contributed by atoms with Gasteiger partial charge in [0, 0.05) is 6.54 Å². The van der Waals surface area contributed by atoms with Gasteiger partial charge in [-0.1, -0.05) is 19.8 Å². The molecule has 4 atom stereocenters. The molecule has 0 radical (unpaired) electrons. The molecule has 7 nitrogen and oxygen atoms in total. The van der Waals surface area contributed by atoms with E-state index in [0.717, 1.165) is 25.5 Å². The van der Waals surface area contributed by atoms with Crippen molar-refractivity contribution in [3.63, 3.8) is 0 Å². The van der Waals surface area contributed by atoms with Crippen LogP contribution in [0.4, 0.5) is 0 Å². The number of nitrogens with one attached hydrogen (secondary N) is 1. The van der Waals surface area contributed by atoms with Crippen LogP contribution in [0.25, 0.3) is 0 Å². The summed E-state index contributed by atoms with van der Waals surface area (Å²) < 4.78 is 0. The molecule has 0 heterocycles. The molecular weight excluding hydrogens is 240 g/mol. The van der Waals surface area contributed by atoms with E-state index < -0.39 is 31.0 Å². The van der Waals surface area contributed by atoms with Gasteiger partial charge in [-0.2, -0.15) is 5.10 Å². The molecule has 0 bridgehead atoms. The summed E-state index contributed by atoms with van der Waals surface area (Å²) in [5, 5.41) is 49.6. The van der Waals surface area contributed by atoms with Crippen LogP contribution in [0.1, 0.15) is 26.2 Å². The van der Waals surface area contributed by atoms with Crippen LogP contribution in [0, 0.1) is 0 Å². The molecule has 0 saturated carbocycles. The van der Waals surface area contributed by atoms with Gasteiger partial charge in [-0.25, -0.2) is 0 Å². The number of nitrogens with zero attached hydrogens (tertiary/aromatic N) is 1. The van der Waals surface area contributed by atoms with Gasteiger partial charge in [0.15, 0.2) is 0 Å². The Hall–Kier alpha value is -0.730. The topological polar surface area (TPSA) is 126 Å². The lowest BCUT2D eigenvalue weighted by Gasteiger charge is -2.23. The summed E-state index contributed by atoms with van der Waals surface area (Å²) >= 11 is 0. The molecule has 6 N–H and O–H groups in total. The maximum Gasteiger partial charge on any atom is 0.119 e. The smallest absolute Gasteiger partial charge is 0.119 e.